The number of alkyl halides is 6. The molecular weight excluding hydrogens is 542 g/mol. The van der Waals surface area contributed by atoms with Crippen LogP contribution >= 0.6 is 48.0 Å². The van der Waals surface area contributed by atoms with Crippen molar-refractivity contribution in [2.24, 2.45) is 0 Å². The van der Waals surface area contributed by atoms with Crippen LogP contribution in [0.15, 0.2) is 58.3 Å². The largest absolute Gasteiger partial charge is 0.416 e. The highest BCUT2D eigenvalue weighted by molar-refractivity contribution is 8.30. The predicted octanol–water partition coefficient (Wildman–Crippen LogP) is 6.37. The third-order valence-electron chi connectivity index (χ3n) is 4.61. The fourth-order valence-corrected chi connectivity index (χ4v) is 5.85. The molecule has 2 aliphatic rings. The van der Waals surface area contributed by atoms with Gasteiger partial charge < -0.3 is 0 Å². The average molecular weight is 551 g/mol. The average Bonchev–Trinajstić information content (AvgIpc) is 3.21. The van der Waals surface area contributed by atoms with Crippen molar-refractivity contribution in [3.8, 4) is 0 Å². The van der Waals surface area contributed by atoms with Crippen molar-refractivity contribution in [3.63, 3.8) is 0 Å². The minimum absolute atomic E-state index is 0.108. The van der Waals surface area contributed by atoms with E-state index in [2.05, 4.69) is 0 Å². The molecule has 2 fully saturated rings. The van der Waals surface area contributed by atoms with Gasteiger partial charge in [-0.2, -0.15) is 26.3 Å². The van der Waals surface area contributed by atoms with Crippen molar-refractivity contribution in [1.82, 2.24) is 0 Å². The van der Waals surface area contributed by atoms with Gasteiger partial charge in [-0.1, -0.05) is 60.1 Å². The zero-order valence-corrected chi connectivity index (χ0v) is 19.5. The second-order valence-electron chi connectivity index (χ2n) is 6.77. The van der Waals surface area contributed by atoms with Crippen molar-refractivity contribution < 1.29 is 35.9 Å². The van der Waals surface area contributed by atoms with Crippen LogP contribution in [0.5, 0.6) is 0 Å². The molecule has 4 rings (SSSR count). The van der Waals surface area contributed by atoms with Gasteiger partial charge in [0.1, 0.15) is 0 Å². The summed E-state index contributed by atoms with van der Waals surface area (Å²) in [5.74, 6) is -1.67. The van der Waals surface area contributed by atoms with E-state index >= 15 is 0 Å². The van der Waals surface area contributed by atoms with Crippen LogP contribution in [0, 0.1) is 0 Å². The summed E-state index contributed by atoms with van der Waals surface area (Å²) in [6, 6.07) is 7.92. The van der Waals surface area contributed by atoms with E-state index < -0.39 is 35.3 Å². The van der Waals surface area contributed by atoms with Crippen molar-refractivity contribution >= 4 is 79.8 Å². The van der Waals surface area contributed by atoms with Crippen LogP contribution in [0.25, 0.3) is 0 Å². The van der Waals surface area contributed by atoms with Gasteiger partial charge in [0.2, 0.25) is 0 Å². The number of thioether (sulfide) groups is 2. The number of rotatable bonds is 2. The van der Waals surface area contributed by atoms with E-state index in [9.17, 15) is 35.9 Å². The number of hydrogen-bond acceptors (Lipinski definition) is 6. The minimum Gasteiger partial charge on any atom is -0.268 e. The third kappa shape index (κ3) is 4.46. The number of hydrogen-bond donors (Lipinski definition) is 0. The lowest BCUT2D eigenvalue weighted by atomic mass is 10.1. The molecule has 2 aliphatic heterocycles. The van der Waals surface area contributed by atoms with Crippen molar-refractivity contribution in [2.45, 2.75) is 12.4 Å². The minimum atomic E-state index is -4.65. The molecule has 176 valence electrons. The summed E-state index contributed by atoms with van der Waals surface area (Å²) >= 11 is 11.7. The molecule has 0 aromatic heterocycles. The lowest BCUT2D eigenvalue weighted by Gasteiger charge is -2.17. The predicted molar refractivity (Wildman–Crippen MR) is 125 cm³/mol. The molecule has 2 heterocycles. The number of thiocarbonyl (C=S) groups is 2. The molecule has 0 saturated carbocycles. The Balaban J connectivity index is 1.69. The number of halogens is 6. The second-order valence-corrected chi connectivity index (χ2v) is 10.1. The zero-order chi connectivity index (χ0) is 25.0. The SMILES string of the molecule is O=C1C(=C2SC(=S)N(c3cccc(C(F)(F)F)c3)C2=O)SC(=S)N1c1cccc(C(F)(F)F)c1. The van der Waals surface area contributed by atoms with Crippen LogP contribution in [0.2, 0.25) is 0 Å². The maximum atomic E-state index is 13.1. The smallest absolute Gasteiger partial charge is 0.268 e. The maximum absolute atomic E-state index is 13.1. The first-order chi connectivity index (χ1) is 15.8. The Kier molecular flexibility index (Phi) is 6.29. The Bertz CT molecular complexity index is 1190. The maximum Gasteiger partial charge on any atom is 0.416 e. The molecule has 2 aromatic carbocycles. The summed E-state index contributed by atoms with van der Waals surface area (Å²) in [6.45, 7) is 0. The molecule has 14 heteroatoms. The molecule has 2 amide bonds. The van der Waals surface area contributed by atoms with Crippen LogP contribution in [0.4, 0.5) is 37.7 Å². The molecule has 0 bridgehead atoms. The van der Waals surface area contributed by atoms with Crippen LogP contribution in [0.1, 0.15) is 11.1 Å². The Morgan fingerprint density at radius 2 is 1.00 bits per heavy atom. The van der Waals surface area contributed by atoms with E-state index in [4.69, 9.17) is 24.4 Å². The van der Waals surface area contributed by atoms with Gasteiger partial charge in [-0.3, -0.25) is 19.4 Å². The summed E-state index contributed by atoms with van der Waals surface area (Å²) in [5.41, 5.74) is -2.26. The van der Waals surface area contributed by atoms with Gasteiger partial charge in [0.15, 0.2) is 8.64 Å². The summed E-state index contributed by atoms with van der Waals surface area (Å²) < 4.78 is 78.3. The van der Waals surface area contributed by atoms with E-state index in [-0.39, 0.29) is 29.8 Å². The van der Waals surface area contributed by atoms with Gasteiger partial charge in [0.05, 0.1) is 32.3 Å². The summed E-state index contributed by atoms with van der Waals surface area (Å²) in [6.07, 6.45) is -9.30. The van der Waals surface area contributed by atoms with Gasteiger partial charge in [-0.25, -0.2) is 0 Å². The van der Waals surface area contributed by atoms with E-state index in [1.54, 1.807) is 0 Å². The first-order valence-electron chi connectivity index (χ1n) is 9.00. The summed E-state index contributed by atoms with van der Waals surface area (Å²) in [7, 11) is 0. The van der Waals surface area contributed by atoms with E-state index in [0.717, 1.165) is 46.2 Å². The molecule has 0 spiro atoms. The topological polar surface area (TPSA) is 40.6 Å². The highest BCUT2D eigenvalue weighted by Crippen LogP contribution is 2.45. The molecule has 0 N–H and O–H groups in total. The number of carbonyl (C=O) groups excluding carboxylic acids is 2. The Morgan fingerprint density at radius 1 is 0.647 bits per heavy atom. The van der Waals surface area contributed by atoms with Crippen LogP contribution in [-0.4, -0.2) is 20.5 Å². The molecule has 0 unspecified atom stereocenters. The summed E-state index contributed by atoms with van der Waals surface area (Å²) in [4.78, 5) is 27.5. The molecule has 4 nitrogen and oxygen atoms in total. The standard InChI is InChI=1S/C20H8F6N2O2S4/c21-19(22,23)9-3-1-5-11(7-9)27-15(29)13(33-17(27)31)14-16(30)28(18(32)34-14)12-6-2-4-10(8-12)20(24,25)26/h1-8H. The van der Waals surface area contributed by atoms with Crippen LogP contribution < -0.4 is 9.80 Å². The lowest BCUT2D eigenvalue weighted by Crippen LogP contribution is -2.30. The monoisotopic (exact) mass is 550 g/mol. The normalized spacial score (nSPS) is 19.6. The van der Waals surface area contributed by atoms with Gasteiger partial charge in [0, 0.05) is 0 Å². The van der Waals surface area contributed by atoms with Crippen molar-refractivity contribution in [2.75, 3.05) is 9.80 Å². The Labute approximate surface area is 207 Å². The highest BCUT2D eigenvalue weighted by atomic mass is 32.2. The highest BCUT2D eigenvalue weighted by Gasteiger charge is 2.44. The van der Waals surface area contributed by atoms with Crippen molar-refractivity contribution in [3.05, 3.63) is 69.5 Å². The molecule has 0 atom stereocenters. The van der Waals surface area contributed by atoms with Gasteiger partial charge in [0.25, 0.3) is 11.8 Å². The van der Waals surface area contributed by atoms with E-state index in [1.807, 2.05) is 0 Å². The molecule has 34 heavy (non-hydrogen) atoms. The molecule has 2 aromatic rings. The van der Waals surface area contributed by atoms with Gasteiger partial charge in [-0.05, 0) is 36.4 Å². The zero-order valence-electron chi connectivity index (χ0n) is 16.2. The first-order valence-corrected chi connectivity index (χ1v) is 11.5. The number of amides is 2. The van der Waals surface area contributed by atoms with E-state index in [0.29, 0.717) is 23.5 Å². The third-order valence-corrected chi connectivity index (χ3v) is 7.48. The lowest BCUT2D eigenvalue weighted by molar-refractivity contribution is -0.138. The molecule has 0 radical (unpaired) electrons. The van der Waals surface area contributed by atoms with E-state index in [1.165, 1.54) is 12.1 Å². The number of carbonyl (C=O) groups is 2. The fraction of sp³-hybridized carbons (Fsp3) is 0.100. The second kappa shape index (κ2) is 8.66. The molecular formula is C20H8F6N2O2S4. The number of anilines is 2. The summed E-state index contributed by atoms with van der Waals surface area (Å²) in [5, 5.41) is 0. The number of nitrogens with zero attached hydrogens (tertiary/aromatic N) is 2. The van der Waals surface area contributed by atoms with Crippen molar-refractivity contribution in [1.29, 1.82) is 0 Å². The van der Waals surface area contributed by atoms with Crippen LogP contribution in [0.3, 0.4) is 0 Å². The first kappa shape index (κ1) is 24.7. The van der Waals surface area contributed by atoms with Gasteiger partial charge in [-0.15, -0.1) is 0 Å². The Hall–Kier alpha value is -2.42. The Morgan fingerprint density at radius 3 is 1.32 bits per heavy atom. The fourth-order valence-electron chi connectivity index (χ4n) is 3.10. The number of benzene rings is 2. The molecule has 2 saturated heterocycles. The van der Waals surface area contributed by atoms with Crippen LogP contribution in [-0.2, 0) is 21.9 Å². The molecule has 0 aliphatic carbocycles. The van der Waals surface area contributed by atoms with Gasteiger partial charge >= 0.3 is 12.4 Å². The quantitative estimate of drug-likeness (QED) is 0.246.